The summed E-state index contributed by atoms with van der Waals surface area (Å²) in [6, 6.07) is 15.1. The third kappa shape index (κ3) is 5.39. The first-order chi connectivity index (χ1) is 14.3. The molecular weight excluding hydrogens is 382 g/mol. The third-order valence-corrected chi connectivity index (χ3v) is 5.11. The lowest BCUT2D eigenvalue weighted by Gasteiger charge is -2.20. The number of hydrogen-bond acceptors (Lipinski definition) is 4. The van der Waals surface area contributed by atoms with Crippen LogP contribution in [0.3, 0.4) is 0 Å². The van der Waals surface area contributed by atoms with E-state index in [0.717, 1.165) is 22.3 Å². The molecule has 0 saturated carbocycles. The molecule has 30 heavy (non-hydrogen) atoms. The maximum Gasteiger partial charge on any atom is 0.407 e. The Labute approximate surface area is 177 Å². The van der Waals surface area contributed by atoms with Gasteiger partial charge in [0.2, 0.25) is 0 Å². The zero-order chi connectivity index (χ0) is 21.7. The van der Waals surface area contributed by atoms with Crippen molar-refractivity contribution in [3.63, 3.8) is 0 Å². The number of fused-ring (bicyclic) bond motifs is 3. The summed E-state index contributed by atoms with van der Waals surface area (Å²) in [4.78, 5) is 23.8. The Kier molecular flexibility index (Phi) is 6.77. The Hall–Kier alpha value is -2.86. The van der Waals surface area contributed by atoms with Gasteiger partial charge in [-0.2, -0.15) is 0 Å². The number of carboxylic acids is 1. The quantitative estimate of drug-likeness (QED) is 0.622. The number of hydrogen-bond donors (Lipinski definition) is 2. The third-order valence-electron chi connectivity index (χ3n) is 5.11. The molecule has 1 aliphatic carbocycles. The highest BCUT2D eigenvalue weighted by Crippen LogP contribution is 2.44. The summed E-state index contributed by atoms with van der Waals surface area (Å²) in [5, 5.41) is 11.9. The Morgan fingerprint density at radius 1 is 1.03 bits per heavy atom. The summed E-state index contributed by atoms with van der Waals surface area (Å²) >= 11 is 0. The second kappa shape index (κ2) is 9.30. The van der Waals surface area contributed by atoms with Crippen molar-refractivity contribution in [2.75, 3.05) is 13.2 Å². The van der Waals surface area contributed by atoms with E-state index in [4.69, 9.17) is 9.47 Å². The summed E-state index contributed by atoms with van der Waals surface area (Å²) in [7, 11) is 0. The Balaban J connectivity index is 1.56. The van der Waals surface area contributed by atoms with Crippen molar-refractivity contribution in [1.29, 1.82) is 0 Å². The highest BCUT2D eigenvalue weighted by atomic mass is 16.5. The normalized spacial score (nSPS) is 14.0. The van der Waals surface area contributed by atoms with E-state index in [2.05, 4.69) is 17.4 Å². The second-order valence-electron chi connectivity index (χ2n) is 8.46. The lowest BCUT2D eigenvalue weighted by molar-refractivity contribution is -0.139. The molecule has 0 fully saturated rings. The van der Waals surface area contributed by atoms with Crippen LogP contribution in [0, 0.1) is 0 Å². The van der Waals surface area contributed by atoms with Crippen molar-refractivity contribution in [2.24, 2.45) is 0 Å². The van der Waals surface area contributed by atoms with Crippen LogP contribution in [0.2, 0.25) is 0 Å². The topological polar surface area (TPSA) is 84.9 Å². The van der Waals surface area contributed by atoms with Crippen LogP contribution >= 0.6 is 0 Å². The predicted molar refractivity (Wildman–Crippen MR) is 115 cm³/mol. The van der Waals surface area contributed by atoms with Gasteiger partial charge in [0.25, 0.3) is 0 Å². The van der Waals surface area contributed by atoms with Crippen molar-refractivity contribution >= 4 is 12.1 Å². The van der Waals surface area contributed by atoms with Gasteiger partial charge in [-0.3, -0.25) is 0 Å². The number of aliphatic carboxylic acids is 1. The van der Waals surface area contributed by atoms with Crippen LogP contribution in [0.25, 0.3) is 11.1 Å². The van der Waals surface area contributed by atoms with Crippen LogP contribution in [0.15, 0.2) is 48.5 Å². The van der Waals surface area contributed by atoms with Gasteiger partial charge in [-0.15, -0.1) is 0 Å². The van der Waals surface area contributed by atoms with Crippen molar-refractivity contribution in [1.82, 2.24) is 5.32 Å². The van der Waals surface area contributed by atoms with E-state index < -0.39 is 18.1 Å². The number of carbonyl (C=O) groups is 2. The number of carboxylic acid groups (broad SMARTS) is 1. The van der Waals surface area contributed by atoms with Crippen molar-refractivity contribution in [3.05, 3.63) is 59.7 Å². The van der Waals surface area contributed by atoms with Crippen molar-refractivity contribution in [2.45, 2.75) is 51.2 Å². The number of nitrogens with one attached hydrogen (secondary N) is 1. The fourth-order valence-corrected chi connectivity index (χ4v) is 3.71. The number of benzene rings is 2. The van der Waals surface area contributed by atoms with Crippen LogP contribution in [0.1, 0.15) is 50.7 Å². The molecule has 1 aliphatic rings. The maximum absolute atomic E-state index is 12.3. The molecule has 2 aromatic carbocycles. The van der Waals surface area contributed by atoms with Gasteiger partial charge >= 0.3 is 12.1 Å². The number of alkyl carbamates (subject to hydrolysis) is 1. The molecule has 0 saturated heterocycles. The minimum Gasteiger partial charge on any atom is -0.480 e. The average molecular weight is 411 g/mol. The fourth-order valence-electron chi connectivity index (χ4n) is 3.71. The van der Waals surface area contributed by atoms with E-state index in [0.29, 0.717) is 13.0 Å². The summed E-state index contributed by atoms with van der Waals surface area (Å²) < 4.78 is 11.0. The van der Waals surface area contributed by atoms with Gasteiger partial charge in [-0.1, -0.05) is 48.5 Å². The fraction of sp³-hybridized carbons (Fsp3) is 0.417. The van der Waals surface area contributed by atoms with E-state index in [9.17, 15) is 14.7 Å². The first-order valence-electron chi connectivity index (χ1n) is 10.2. The molecule has 3 rings (SSSR count). The van der Waals surface area contributed by atoms with E-state index in [-0.39, 0.29) is 24.5 Å². The molecule has 0 radical (unpaired) electrons. The smallest absolute Gasteiger partial charge is 0.407 e. The molecule has 0 aromatic heterocycles. The van der Waals surface area contributed by atoms with Crippen LogP contribution in [0.4, 0.5) is 4.79 Å². The van der Waals surface area contributed by atoms with Crippen LogP contribution in [-0.4, -0.2) is 42.0 Å². The lowest BCUT2D eigenvalue weighted by Crippen LogP contribution is -2.41. The van der Waals surface area contributed by atoms with Gasteiger partial charge in [0, 0.05) is 12.5 Å². The molecule has 0 unspecified atom stereocenters. The van der Waals surface area contributed by atoms with Crippen LogP contribution in [0.5, 0.6) is 0 Å². The molecular formula is C24H29NO5. The summed E-state index contributed by atoms with van der Waals surface area (Å²) in [5.41, 5.74) is 4.23. The molecule has 6 nitrogen and oxygen atoms in total. The van der Waals surface area contributed by atoms with E-state index in [1.54, 1.807) is 0 Å². The molecule has 1 atom stereocenters. The van der Waals surface area contributed by atoms with E-state index in [1.807, 2.05) is 57.2 Å². The zero-order valence-corrected chi connectivity index (χ0v) is 17.7. The minimum atomic E-state index is -1.08. The van der Waals surface area contributed by atoms with Crippen molar-refractivity contribution < 1.29 is 24.2 Å². The lowest BCUT2D eigenvalue weighted by atomic mass is 9.98. The summed E-state index contributed by atoms with van der Waals surface area (Å²) in [6.45, 7) is 6.41. The van der Waals surface area contributed by atoms with Gasteiger partial charge in [0.15, 0.2) is 0 Å². The number of ether oxygens (including phenoxy) is 2. The van der Waals surface area contributed by atoms with Gasteiger partial charge in [0.1, 0.15) is 12.6 Å². The largest absolute Gasteiger partial charge is 0.480 e. The number of amides is 1. The maximum atomic E-state index is 12.3. The molecule has 0 spiro atoms. The zero-order valence-electron chi connectivity index (χ0n) is 17.7. The Morgan fingerprint density at radius 3 is 2.13 bits per heavy atom. The molecule has 6 heteroatoms. The van der Waals surface area contributed by atoms with Gasteiger partial charge in [-0.25, -0.2) is 9.59 Å². The summed E-state index contributed by atoms with van der Waals surface area (Å²) in [5.74, 6) is -1.15. The van der Waals surface area contributed by atoms with Gasteiger partial charge in [-0.05, 0) is 55.9 Å². The second-order valence-corrected chi connectivity index (χ2v) is 8.46. The SMILES string of the molecule is CC(C)(C)OCCC[C@@H](NC(=O)OCC1c2ccccc2-c2ccccc21)C(=O)O. The first kappa shape index (κ1) is 21.8. The number of rotatable bonds is 8. The number of carbonyl (C=O) groups excluding carboxylic acids is 1. The summed E-state index contributed by atoms with van der Waals surface area (Å²) in [6.07, 6.45) is 0.0778. The minimum absolute atomic E-state index is 0.0633. The van der Waals surface area contributed by atoms with Crippen LogP contribution < -0.4 is 5.32 Å². The molecule has 0 aliphatic heterocycles. The standard InChI is InChI=1S/C24H29NO5/c1-24(2,3)30-14-8-13-21(22(26)27)25-23(28)29-15-20-18-11-6-4-9-16(18)17-10-5-7-12-19(17)20/h4-7,9-12,20-21H,8,13-15H2,1-3H3,(H,25,28)(H,26,27)/t21-/m1/s1. The highest BCUT2D eigenvalue weighted by Gasteiger charge is 2.29. The molecule has 0 heterocycles. The van der Waals surface area contributed by atoms with E-state index in [1.165, 1.54) is 0 Å². The molecule has 2 N–H and O–H groups in total. The average Bonchev–Trinajstić information content (AvgIpc) is 3.01. The predicted octanol–water partition coefficient (Wildman–Crippen LogP) is 4.57. The molecule has 2 aromatic rings. The van der Waals surface area contributed by atoms with Crippen molar-refractivity contribution in [3.8, 4) is 11.1 Å². The van der Waals surface area contributed by atoms with Gasteiger partial charge < -0.3 is 19.9 Å². The molecule has 0 bridgehead atoms. The van der Waals surface area contributed by atoms with Gasteiger partial charge in [0.05, 0.1) is 5.60 Å². The molecule has 160 valence electrons. The Bertz CT molecular complexity index is 857. The van der Waals surface area contributed by atoms with E-state index >= 15 is 0 Å². The highest BCUT2D eigenvalue weighted by molar-refractivity contribution is 5.81. The first-order valence-corrected chi connectivity index (χ1v) is 10.2. The van der Waals surface area contributed by atoms with Crippen LogP contribution in [-0.2, 0) is 14.3 Å². The monoisotopic (exact) mass is 411 g/mol. The Morgan fingerprint density at radius 2 is 1.60 bits per heavy atom. The molecule has 1 amide bonds.